The normalized spacial score (nSPS) is 10.3. The summed E-state index contributed by atoms with van der Waals surface area (Å²) in [6.07, 6.45) is 0. The van der Waals surface area contributed by atoms with Gasteiger partial charge in [0, 0.05) is 11.6 Å². The van der Waals surface area contributed by atoms with E-state index in [0.29, 0.717) is 11.3 Å². The number of hydrogen-bond acceptors (Lipinski definition) is 4. The molecule has 0 unspecified atom stereocenters. The fourth-order valence-electron chi connectivity index (χ4n) is 1.72. The first-order valence-corrected chi connectivity index (χ1v) is 5.47. The Kier molecular flexibility index (Phi) is 2.97. The fraction of sp³-hybridized carbons (Fsp3) is 0.154. The number of aromatic nitrogens is 1. The minimum absolute atomic E-state index is 0.0348. The largest absolute Gasteiger partial charge is 0.384 e. The number of anilines is 1. The summed E-state index contributed by atoms with van der Waals surface area (Å²) >= 11 is 0. The summed E-state index contributed by atoms with van der Waals surface area (Å²) in [6.45, 7) is 3.94. The maximum Gasteiger partial charge on any atom is 0.295 e. The Morgan fingerprint density at radius 2 is 1.89 bits per heavy atom. The maximum atomic E-state index is 11.0. The minimum Gasteiger partial charge on any atom is -0.384 e. The van der Waals surface area contributed by atoms with Gasteiger partial charge in [0.1, 0.15) is 5.82 Å². The van der Waals surface area contributed by atoms with Crippen LogP contribution in [0.4, 0.5) is 11.5 Å². The highest BCUT2D eigenvalue weighted by atomic mass is 16.6. The van der Waals surface area contributed by atoms with Crippen molar-refractivity contribution in [3.8, 4) is 11.3 Å². The molecule has 1 aromatic carbocycles. The molecule has 92 valence electrons. The predicted octanol–water partition coefficient (Wildman–Crippen LogP) is 2.86. The summed E-state index contributed by atoms with van der Waals surface area (Å²) in [6, 6.07) is 8.43. The molecule has 0 aliphatic rings. The monoisotopic (exact) mass is 243 g/mol. The summed E-state index contributed by atoms with van der Waals surface area (Å²) < 4.78 is 0. The van der Waals surface area contributed by atoms with Crippen molar-refractivity contribution in [1.29, 1.82) is 0 Å². The number of benzene rings is 1. The molecule has 0 spiro atoms. The van der Waals surface area contributed by atoms with E-state index in [1.165, 1.54) is 12.1 Å². The molecule has 0 bridgehead atoms. The molecular weight excluding hydrogens is 230 g/mol. The lowest BCUT2D eigenvalue weighted by Gasteiger charge is -2.06. The van der Waals surface area contributed by atoms with E-state index in [1.54, 1.807) is 0 Å². The van der Waals surface area contributed by atoms with Gasteiger partial charge in [-0.2, -0.15) is 0 Å². The van der Waals surface area contributed by atoms with Gasteiger partial charge in [-0.15, -0.1) is 0 Å². The summed E-state index contributed by atoms with van der Waals surface area (Å²) in [5.41, 5.74) is 8.77. The second-order valence-corrected chi connectivity index (χ2v) is 4.16. The summed E-state index contributed by atoms with van der Waals surface area (Å²) in [5, 5.41) is 11.0. The van der Waals surface area contributed by atoms with Gasteiger partial charge in [0.15, 0.2) is 5.69 Å². The highest BCUT2D eigenvalue weighted by Crippen LogP contribution is 2.29. The van der Waals surface area contributed by atoms with E-state index in [4.69, 9.17) is 5.73 Å². The molecular formula is C13H13N3O2. The van der Waals surface area contributed by atoms with E-state index >= 15 is 0 Å². The van der Waals surface area contributed by atoms with E-state index in [1.807, 2.05) is 32.0 Å². The molecule has 2 rings (SSSR count). The van der Waals surface area contributed by atoms with Crippen LogP contribution >= 0.6 is 0 Å². The second kappa shape index (κ2) is 4.44. The third-order valence-electron chi connectivity index (χ3n) is 2.87. The molecule has 0 saturated heterocycles. The van der Waals surface area contributed by atoms with E-state index in [2.05, 4.69) is 4.98 Å². The van der Waals surface area contributed by atoms with Gasteiger partial charge in [-0.05, 0) is 37.1 Å². The second-order valence-electron chi connectivity index (χ2n) is 4.16. The molecule has 0 radical (unpaired) electrons. The number of rotatable bonds is 2. The third-order valence-corrected chi connectivity index (χ3v) is 2.87. The topological polar surface area (TPSA) is 82.0 Å². The predicted molar refractivity (Wildman–Crippen MR) is 70.2 cm³/mol. The third kappa shape index (κ3) is 2.15. The van der Waals surface area contributed by atoms with Gasteiger partial charge in [0.05, 0.1) is 4.92 Å². The van der Waals surface area contributed by atoms with Crippen molar-refractivity contribution in [3.05, 3.63) is 51.6 Å². The lowest BCUT2D eigenvalue weighted by atomic mass is 10.0. The fourth-order valence-corrected chi connectivity index (χ4v) is 1.72. The molecule has 5 nitrogen and oxygen atoms in total. The quantitative estimate of drug-likeness (QED) is 0.649. The summed E-state index contributed by atoms with van der Waals surface area (Å²) in [7, 11) is 0. The Morgan fingerprint density at radius 3 is 2.50 bits per heavy atom. The van der Waals surface area contributed by atoms with E-state index < -0.39 is 4.92 Å². The van der Waals surface area contributed by atoms with Gasteiger partial charge < -0.3 is 5.73 Å². The Morgan fingerprint density at radius 1 is 1.17 bits per heavy atom. The van der Waals surface area contributed by atoms with Crippen LogP contribution in [0, 0.1) is 24.0 Å². The Bertz CT molecular complexity index is 624. The molecule has 0 fully saturated rings. The first-order valence-electron chi connectivity index (χ1n) is 5.47. The molecule has 0 atom stereocenters. The smallest absolute Gasteiger partial charge is 0.295 e. The van der Waals surface area contributed by atoms with Gasteiger partial charge in [-0.1, -0.05) is 12.1 Å². The molecule has 2 aromatic rings. The number of pyridine rings is 1. The van der Waals surface area contributed by atoms with Crippen molar-refractivity contribution < 1.29 is 4.92 Å². The Hall–Kier alpha value is -2.43. The van der Waals surface area contributed by atoms with Crippen molar-refractivity contribution in [2.75, 3.05) is 5.73 Å². The zero-order valence-electron chi connectivity index (χ0n) is 10.2. The highest BCUT2D eigenvalue weighted by molar-refractivity contribution is 5.71. The van der Waals surface area contributed by atoms with Crippen LogP contribution in [-0.2, 0) is 0 Å². The van der Waals surface area contributed by atoms with Crippen molar-refractivity contribution in [2.45, 2.75) is 13.8 Å². The highest BCUT2D eigenvalue weighted by Gasteiger charge is 2.17. The van der Waals surface area contributed by atoms with Crippen LogP contribution in [0.2, 0.25) is 0 Å². The van der Waals surface area contributed by atoms with Crippen LogP contribution < -0.4 is 5.73 Å². The lowest BCUT2D eigenvalue weighted by molar-refractivity contribution is -0.384. The number of hydrogen-bond donors (Lipinski definition) is 1. The van der Waals surface area contributed by atoms with Crippen LogP contribution in [0.5, 0.6) is 0 Å². The average Bonchev–Trinajstić information content (AvgIpc) is 2.32. The first-order chi connectivity index (χ1) is 8.49. The zero-order valence-corrected chi connectivity index (χ0v) is 10.2. The SMILES string of the molecule is Cc1ccc(-c2nc(N)ccc2[N+](=O)[O-])cc1C. The van der Waals surface area contributed by atoms with Crippen molar-refractivity contribution in [1.82, 2.24) is 4.98 Å². The standard InChI is InChI=1S/C13H13N3O2/c1-8-3-4-10(7-9(8)2)13-11(16(17)18)5-6-12(14)15-13/h3-7H,1-2H3,(H2,14,15). The molecule has 0 amide bonds. The average molecular weight is 243 g/mol. The molecule has 0 aliphatic heterocycles. The number of nitrogens with two attached hydrogens (primary N) is 1. The van der Waals surface area contributed by atoms with Crippen molar-refractivity contribution in [2.24, 2.45) is 0 Å². The number of nitrogen functional groups attached to an aromatic ring is 1. The van der Waals surface area contributed by atoms with E-state index in [-0.39, 0.29) is 11.5 Å². The van der Waals surface area contributed by atoms with Gasteiger partial charge in [0.2, 0.25) is 0 Å². The zero-order chi connectivity index (χ0) is 13.3. The number of aryl methyl sites for hydroxylation is 2. The van der Waals surface area contributed by atoms with Crippen LogP contribution in [0.3, 0.4) is 0 Å². The minimum atomic E-state index is -0.447. The molecule has 18 heavy (non-hydrogen) atoms. The van der Waals surface area contributed by atoms with Crippen LogP contribution in [-0.4, -0.2) is 9.91 Å². The van der Waals surface area contributed by atoms with Gasteiger partial charge in [0.25, 0.3) is 5.69 Å². The molecule has 1 heterocycles. The molecule has 5 heteroatoms. The van der Waals surface area contributed by atoms with Crippen LogP contribution in [0.15, 0.2) is 30.3 Å². The molecule has 0 aliphatic carbocycles. The van der Waals surface area contributed by atoms with Gasteiger partial charge in [-0.3, -0.25) is 10.1 Å². The maximum absolute atomic E-state index is 11.0. The number of nitro groups is 1. The summed E-state index contributed by atoms with van der Waals surface area (Å²) in [4.78, 5) is 14.6. The molecule has 2 N–H and O–H groups in total. The lowest BCUT2D eigenvalue weighted by Crippen LogP contribution is -1.98. The Labute approximate surface area is 104 Å². The summed E-state index contributed by atoms with van der Waals surface area (Å²) in [5.74, 6) is 0.272. The molecule has 1 aromatic heterocycles. The molecule has 0 saturated carbocycles. The van der Waals surface area contributed by atoms with Gasteiger partial charge in [-0.25, -0.2) is 4.98 Å². The van der Waals surface area contributed by atoms with Crippen molar-refractivity contribution >= 4 is 11.5 Å². The van der Waals surface area contributed by atoms with Gasteiger partial charge >= 0.3 is 0 Å². The van der Waals surface area contributed by atoms with Crippen LogP contribution in [0.1, 0.15) is 11.1 Å². The van der Waals surface area contributed by atoms with Crippen molar-refractivity contribution in [3.63, 3.8) is 0 Å². The number of nitrogens with zero attached hydrogens (tertiary/aromatic N) is 2. The Balaban J connectivity index is 2.65. The first kappa shape index (κ1) is 12.0. The van der Waals surface area contributed by atoms with E-state index in [0.717, 1.165) is 11.1 Å². The van der Waals surface area contributed by atoms with E-state index in [9.17, 15) is 10.1 Å². The van der Waals surface area contributed by atoms with Crippen LogP contribution in [0.25, 0.3) is 11.3 Å².